The number of carboxylic acids is 1. The second-order valence-electron chi connectivity index (χ2n) is 5.10. The van der Waals surface area contributed by atoms with E-state index in [9.17, 15) is 18.0 Å². The molecular formula is C11H20N2O5S. The van der Waals surface area contributed by atoms with Crippen molar-refractivity contribution in [3.8, 4) is 0 Å². The Balaban J connectivity index is 2.45. The number of aliphatic carboxylic acids is 1. The van der Waals surface area contributed by atoms with Crippen LogP contribution in [0.15, 0.2) is 0 Å². The number of rotatable bonds is 4. The Kier molecular flexibility index (Phi) is 5.16. The molecule has 0 aliphatic carbocycles. The van der Waals surface area contributed by atoms with Gasteiger partial charge in [0.15, 0.2) is 0 Å². The van der Waals surface area contributed by atoms with E-state index in [1.807, 2.05) is 0 Å². The third-order valence-electron chi connectivity index (χ3n) is 3.11. The molecule has 1 saturated heterocycles. The number of amides is 2. The predicted molar refractivity (Wildman–Crippen MR) is 69.6 cm³/mol. The lowest BCUT2D eigenvalue weighted by molar-refractivity contribution is -0.140. The second kappa shape index (κ2) is 6.23. The molecule has 0 radical (unpaired) electrons. The third-order valence-corrected chi connectivity index (χ3v) is 4.82. The molecule has 0 aromatic rings. The van der Waals surface area contributed by atoms with Crippen molar-refractivity contribution in [2.75, 3.05) is 11.5 Å². The standard InChI is InChI=1S/C11H20N2O5S/c1-7(2)9(10(14)15)13-11(16)12-8-3-5-19(17,18)6-4-8/h7-9H,3-6H2,1-2H3,(H,14,15)(H2,12,13,16)/t9-/m1/s1. The highest BCUT2D eigenvalue weighted by molar-refractivity contribution is 7.91. The molecule has 0 aromatic heterocycles. The van der Waals surface area contributed by atoms with Gasteiger partial charge in [0.1, 0.15) is 15.9 Å². The summed E-state index contributed by atoms with van der Waals surface area (Å²) in [5.74, 6) is -1.19. The first-order valence-corrected chi connectivity index (χ1v) is 8.03. The number of sulfone groups is 1. The van der Waals surface area contributed by atoms with Crippen LogP contribution in [0.25, 0.3) is 0 Å². The van der Waals surface area contributed by atoms with Gasteiger partial charge in [-0.05, 0) is 18.8 Å². The van der Waals surface area contributed by atoms with Crippen LogP contribution in [0.1, 0.15) is 26.7 Å². The zero-order chi connectivity index (χ0) is 14.6. The van der Waals surface area contributed by atoms with Gasteiger partial charge in [0.05, 0.1) is 11.5 Å². The minimum atomic E-state index is -2.97. The van der Waals surface area contributed by atoms with Crippen LogP contribution >= 0.6 is 0 Å². The first-order chi connectivity index (χ1) is 8.71. The Morgan fingerprint density at radius 3 is 2.16 bits per heavy atom. The maximum absolute atomic E-state index is 11.7. The highest BCUT2D eigenvalue weighted by atomic mass is 32.2. The molecular weight excluding hydrogens is 272 g/mol. The van der Waals surface area contributed by atoms with Crippen molar-refractivity contribution in [1.82, 2.24) is 10.6 Å². The van der Waals surface area contributed by atoms with Gasteiger partial charge in [-0.1, -0.05) is 13.8 Å². The minimum absolute atomic E-state index is 0.0600. The smallest absolute Gasteiger partial charge is 0.326 e. The van der Waals surface area contributed by atoms with Crippen LogP contribution in [-0.2, 0) is 14.6 Å². The molecule has 3 N–H and O–H groups in total. The monoisotopic (exact) mass is 292 g/mol. The molecule has 1 fully saturated rings. The van der Waals surface area contributed by atoms with Crippen LogP contribution in [0.2, 0.25) is 0 Å². The molecule has 0 aromatic carbocycles. The number of hydrogen-bond acceptors (Lipinski definition) is 4. The summed E-state index contributed by atoms with van der Waals surface area (Å²) in [6.07, 6.45) is 0.740. The summed E-state index contributed by atoms with van der Waals surface area (Å²) in [5, 5.41) is 13.9. The van der Waals surface area contributed by atoms with E-state index in [1.54, 1.807) is 13.8 Å². The summed E-state index contributed by atoms with van der Waals surface area (Å²) in [7, 11) is -2.97. The third kappa shape index (κ3) is 5.06. The van der Waals surface area contributed by atoms with Crippen LogP contribution in [0.4, 0.5) is 4.79 Å². The summed E-state index contributed by atoms with van der Waals surface area (Å²) in [6.45, 7) is 3.40. The zero-order valence-electron chi connectivity index (χ0n) is 11.0. The summed E-state index contributed by atoms with van der Waals surface area (Å²) in [6, 6.07) is -1.73. The average Bonchev–Trinajstić information content (AvgIpc) is 2.28. The molecule has 8 heteroatoms. The van der Waals surface area contributed by atoms with Crippen LogP contribution in [0.3, 0.4) is 0 Å². The maximum atomic E-state index is 11.7. The lowest BCUT2D eigenvalue weighted by Gasteiger charge is -2.25. The number of carbonyl (C=O) groups excluding carboxylic acids is 1. The topological polar surface area (TPSA) is 113 Å². The summed E-state index contributed by atoms with van der Waals surface area (Å²) >= 11 is 0. The Morgan fingerprint density at radius 2 is 1.74 bits per heavy atom. The van der Waals surface area contributed by atoms with E-state index >= 15 is 0 Å². The molecule has 1 aliphatic rings. The average molecular weight is 292 g/mol. The number of nitrogens with one attached hydrogen (secondary N) is 2. The van der Waals surface area contributed by atoms with E-state index in [-0.39, 0.29) is 23.5 Å². The SMILES string of the molecule is CC(C)[C@@H](NC(=O)NC1CCS(=O)(=O)CC1)C(=O)O. The molecule has 110 valence electrons. The fourth-order valence-electron chi connectivity index (χ4n) is 1.92. The fourth-order valence-corrected chi connectivity index (χ4v) is 3.41. The molecule has 0 spiro atoms. The highest BCUT2D eigenvalue weighted by Gasteiger charge is 2.27. The Morgan fingerprint density at radius 1 is 1.21 bits per heavy atom. The molecule has 1 heterocycles. The lowest BCUT2D eigenvalue weighted by atomic mass is 10.1. The molecule has 0 unspecified atom stereocenters. The first-order valence-electron chi connectivity index (χ1n) is 6.21. The van der Waals surface area contributed by atoms with Crippen LogP contribution in [-0.4, -0.2) is 49.1 Å². The molecule has 7 nitrogen and oxygen atoms in total. The van der Waals surface area contributed by atoms with E-state index in [0.717, 1.165) is 0 Å². The van der Waals surface area contributed by atoms with Crippen molar-refractivity contribution >= 4 is 21.8 Å². The van der Waals surface area contributed by atoms with Crippen molar-refractivity contribution in [1.29, 1.82) is 0 Å². The van der Waals surface area contributed by atoms with Crippen LogP contribution in [0.5, 0.6) is 0 Å². The van der Waals surface area contributed by atoms with E-state index in [1.165, 1.54) is 0 Å². The lowest BCUT2D eigenvalue weighted by Crippen LogP contribution is -2.52. The Labute approximate surface area is 112 Å². The first kappa shape index (κ1) is 15.7. The zero-order valence-corrected chi connectivity index (χ0v) is 11.9. The van der Waals surface area contributed by atoms with Crippen LogP contribution in [0, 0.1) is 5.92 Å². The predicted octanol–water partition coefficient (Wildman–Crippen LogP) is -0.0280. The van der Waals surface area contributed by atoms with E-state index in [4.69, 9.17) is 5.11 Å². The van der Waals surface area contributed by atoms with Gasteiger partial charge >= 0.3 is 12.0 Å². The molecule has 0 bridgehead atoms. The van der Waals surface area contributed by atoms with Gasteiger partial charge in [-0.25, -0.2) is 18.0 Å². The van der Waals surface area contributed by atoms with Gasteiger partial charge in [-0.3, -0.25) is 0 Å². The van der Waals surface area contributed by atoms with E-state index < -0.39 is 27.9 Å². The maximum Gasteiger partial charge on any atom is 0.326 e. The summed E-state index contributed by atoms with van der Waals surface area (Å²) in [5.41, 5.74) is 0. The van der Waals surface area contributed by atoms with Crippen molar-refractivity contribution in [3.05, 3.63) is 0 Å². The Hall–Kier alpha value is -1.31. The number of urea groups is 1. The van der Waals surface area contributed by atoms with Gasteiger partial charge in [0, 0.05) is 6.04 Å². The molecule has 19 heavy (non-hydrogen) atoms. The van der Waals surface area contributed by atoms with Gasteiger partial charge in [0.2, 0.25) is 0 Å². The van der Waals surface area contributed by atoms with Crippen molar-refractivity contribution in [2.24, 2.45) is 5.92 Å². The number of hydrogen-bond donors (Lipinski definition) is 3. The minimum Gasteiger partial charge on any atom is -0.480 e. The molecule has 2 amide bonds. The molecule has 1 aliphatic heterocycles. The van der Waals surface area contributed by atoms with Gasteiger partial charge < -0.3 is 15.7 Å². The molecule has 1 rings (SSSR count). The largest absolute Gasteiger partial charge is 0.480 e. The van der Waals surface area contributed by atoms with Crippen molar-refractivity contribution < 1.29 is 23.1 Å². The van der Waals surface area contributed by atoms with Crippen molar-refractivity contribution in [2.45, 2.75) is 38.8 Å². The van der Waals surface area contributed by atoms with Gasteiger partial charge in [0.25, 0.3) is 0 Å². The van der Waals surface area contributed by atoms with Gasteiger partial charge in [-0.2, -0.15) is 0 Å². The Bertz CT molecular complexity index is 432. The van der Waals surface area contributed by atoms with Gasteiger partial charge in [-0.15, -0.1) is 0 Å². The number of carboxylic acid groups (broad SMARTS) is 1. The fraction of sp³-hybridized carbons (Fsp3) is 0.818. The van der Waals surface area contributed by atoms with E-state index in [0.29, 0.717) is 12.8 Å². The highest BCUT2D eigenvalue weighted by Crippen LogP contribution is 2.12. The quantitative estimate of drug-likeness (QED) is 0.673. The summed E-state index contributed by atoms with van der Waals surface area (Å²) in [4.78, 5) is 22.6. The molecule has 0 saturated carbocycles. The molecule has 1 atom stereocenters. The second-order valence-corrected chi connectivity index (χ2v) is 7.41. The van der Waals surface area contributed by atoms with Crippen LogP contribution < -0.4 is 10.6 Å². The summed E-state index contributed by atoms with van der Waals surface area (Å²) < 4.78 is 22.5. The van der Waals surface area contributed by atoms with Crippen molar-refractivity contribution in [3.63, 3.8) is 0 Å². The normalized spacial score (nSPS) is 20.8. The number of carbonyl (C=O) groups is 2. The van der Waals surface area contributed by atoms with E-state index in [2.05, 4.69) is 10.6 Å².